The van der Waals surface area contributed by atoms with Gasteiger partial charge in [-0.25, -0.2) is 4.98 Å². The van der Waals surface area contributed by atoms with Gasteiger partial charge in [0.15, 0.2) is 0 Å². The van der Waals surface area contributed by atoms with Crippen molar-refractivity contribution in [3.8, 4) is 0 Å². The molecule has 0 amide bonds. The fourth-order valence-electron chi connectivity index (χ4n) is 2.07. The lowest BCUT2D eigenvalue weighted by Crippen LogP contribution is -2.19. The number of rotatable bonds is 4. The predicted molar refractivity (Wildman–Crippen MR) is 92.8 cm³/mol. The molecule has 0 fully saturated rings. The van der Waals surface area contributed by atoms with Crippen LogP contribution in [0.1, 0.15) is 43.1 Å². The fraction of sp³-hybridized carbons (Fsp3) is 0.438. The molecule has 1 atom stereocenters. The first-order valence-corrected chi connectivity index (χ1v) is 8.52. The molecule has 0 spiro atoms. The molecule has 5 heteroatoms. The molecule has 1 N–H and O–H groups in total. The number of hydrogen-bond acceptors (Lipinski definition) is 3. The molecule has 2 nitrogen and oxygen atoms in total. The molecule has 1 unspecified atom stereocenters. The van der Waals surface area contributed by atoms with E-state index in [1.54, 1.807) is 17.4 Å². The van der Waals surface area contributed by atoms with E-state index in [4.69, 9.17) is 28.2 Å². The Labute approximate surface area is 140 Å². The number of aromatic nitrogens is 1. The number of hydrogen-bond donors (Lipinski definition) is 1. The Morgan fingerprint density at radius 2 is 2.00 bits per heavy atom. The molecule has 1 aromatic heterocycles. The van der Waals surface area contributed by atoms with Crippen LogP contribution in [0.5, 0.6) is 0 Å². The Bertz CT molecular complexity index is 617. The van der Waals surface area contributed by atoms with Gasteiger partial charge >= 0.3 is 0 Å². The normalized spacial score (nSPS) is 13.4. The number of likely N-dealkylation sites (N-methyl/N-ethyl adjacent to an activating group) is 1. The smallest absolute Gasteiger partial charge is 0.0947 e. The molecule has 0 aliphatic rings. The fourth-order valence-corrected chi connectivity index (χ4v) is 3.57. The second kappa shape index (κ2) is 6.66. The van der Waals surface area contributed by atoms with Gasteiger partial charge in [-0.05, 0) is 30.8 Å². The number of benzene rings is 1. The SMILES string of the molecule is CNC(Cc1nc(C(C)(C)C)cs1)c1cc(Cl)ccc1Cl. The van der Waals surface area contributed by atoms with E-state index in [1.807, 2.05) is 19.2 Å². The minimum atomic E-state index is 0.0809. The zero-order valence-electron chi connectivity index (χ0n) is 12.7. The number of thiazole rings is 1. The van der Waals surface area contributed by atoms with Crippen molar-refractivity contribution in [2.24, 2.45) is 0 Å². The van der Waals surface area contributed by atoms with E-state index in [9.17, 15) is 0 Å². The van der Waals surface area contributed by atoms with Gasteiger partial charge in [0.1, 0.15) is 0 Å². The summed E-state index contributed by atoms with van der Waals surface area (Å²) in [7, 11) is 1.93. The van der Waals surface area contributed by atoms with E-state index in [0.717, 1.165) is 27.7 Å². The second-order valence-corrected chi connectivity index (χ2v) is 7.87. The number of halogens is 2. The number of nitrogens with one attached hydrogen (secondary N) is 1. The second-order valence-electron chi connectivity index (χ2n) is 6.09. The maximum atomic E-state index is 6.30. The van der Waals surface area contributed by atoms with Gasteiger partial charge in [-0.2, -0.15) is 0 Å². The summed E-state index contributed by atoms with van der Waals surface area (Å²) in [6.07, 6.45) is 0.803. The summed E-state index contributed by atoms with van der Waals surface area (Å²) in [4.78, 5) is 4.75. The van der Waals surface area contributed by atoms with Crippen LogP contribution in [-0.4, -0.2) is 12.0 Å². The predicted octanol–water partition coefficient (Wildman–Crippen LogP) is 5.25. The molecule has 0 bridgehead atoms. The summed E-state index contributed by atoms with van der Waals surface area (Å²) in [5, 5.41) is 7.98. The van der Waals surface area contributed by atoms with Gasteiger partial charge in [0, 0.05) is 33.3 Å². The molecule has 0 radical (unpaired) electrons. The minimum Gasteiger partial charge on any atom is -0.313 e. The lowest BCUT2D eigenvalue weighted by atomic mass is 9.93. The van der Waals surface area contributed by atoms with E-state index in [2.05, 4.69) is 31.5 Å². The van der Waals surface area contributed by atoms with Gasteiger partial charge in [0.25, 0.3) is 0 Å². The quantitative estimate of drug-likeness (QED) is 0.820. The van der Waals surface area contributed by atoms with Crippen LogP contribution >= 0.6 is 34.5 Å². The van der Waals surface area contributed by atoms with Crippen molar-refractivity contribution in [2.45, 2.75) is 38.6 Å². The average molecular weight is 343 g/mol. The van der Waals surface area contributed by atoms with E-state index < -0.39 is 0 Å². The zero-order valence-corrected chi connectivity index (χ0v) is 15.0. The largest absolute Gasteiger partial charge is 0.313 e. The Balaban J connectivity index is 2.23. The number of nitrogens with zero attached hydrogens (tertiary/aromatic N) is 1. The summed E-state index contributed by atoms with van der Waals surface area (Å²) in [6.45, 7) is 6.53. The lowest BCUT2D eigenvalue weighted by Gasteiger charge is -2.18. The molecule has 2 rings (SSSR count). The standard InChI is InChI=1S/C16H20Cl2N2S/c1-16(2,3)14-9-21-15(20-14)8-13(19-4)11-7-10(17)5-6-12(11)18/h5-7,9,13,19H,8H2,1-4H3. The summed E-state index contributed by atoms with van der Waals surface area (Å²) in [6, 6.07) is 5.67. The third-order valence-electron chi connectivity index (χ3n) is 3.38. The summed E-state index contributed by atoms with van der Waals surface area (Å²) >= 11 is 14.1. The van der Waals surface area contributed by atoms with Crippen LogP contribution in [0.15, 0.2) is 23.6 Å². The summed E-state index contributed by atoms with van der Waals surface area (Å²) in [5.74, 6) is 0. The van der Waals surface area contributed by atoms with Crippen LogP contribution < -0.4 is 5.32 Å². The molecule has 2 aromatic rings. The van der Waals surface area contributed by atoms with Crippen molar-refractivity contribution >= 4 is 34.5 Å². The molecule has 0 saturated heterocycles. The molecule has 1 heterocycles. The van der Waals surface area contributed by atoms with Gasteiger partial charge in [-0.1, -0.05) is 44.0 Å². The molecule has 0 aliphatic heterocycles. The zero-order chi connectivity index (χ0) is 15.6. The monoisotopic (exact) mass is 342 g/mol. The Morgan fingerprint density at radius 3 is 2.57 bits per heavy atom. The molecule has 0 aliphatic carbocycles. The Morgan fingerprint density at radius 1 is 1.29 bits per heavy atom. The van der Waals surface area contributed by atoms with E-state index in [0.29, 0.717) is 5.02 Å². The van der Waals surface area contributed by atoms with Gasteiger partial charge in [0.2, 0.25) is 0 Å². The lowest BCUT2D eigenvalue weighted by molar-refractivity contribution is 0.560. The topological polar surface area (TPSA) is 24.9 Å². The van der Waals surface area contributed by atoms with Crippen molar-refractivity contribution in [1.29, 1.82) is 0 Å². The Hall–Kier alpha value is -0.610. The van der Waals surface area contributed by atoms with Crippen LogP contribution in [0, 0.1) is 0 Å². The first-order valence-electron chi connectivity index (χ1n) is 6.88. The van der Waals surface area contributed by atoms with Crippen molar-refractivity contribution in [3.63, 3.8) is 0 Å². The molecule has 114 valence electrons. The van der Waals surface area contributed by atoms with Crippen molar-refractivity contribution in [2.75, 3.05) is 7.05 Å². The van der Waals surface area contributed by atoms with Crippen LogP contribution in [0.2, 0.25) is 10.0 Å². The van der Waals surface area contributed by atoms with Crippen LogP contribution in [0.25, 0.3) is 0 Å². The maximum Gasteiger partial charge on any atom is 0.0947 e. The average Bonchev–Trinajstić information content (AvgIpc) is 2.87. The van der Waals surface area contributed by atoms with E-state index >= 15 is 0 Å². The van der Waals surface area contributed by atoms with Gasteiger partial charge in [-0.3, -0.25) is 0 Å². The van der Waals surface area contributed by atoms with E-state index in [-0.39, 0.29) is 11.5 Å². The molecular formula is C16H20Cl2N2S. The van der Waals surface area contributed by atoms with Crippen molar-refractivity contribution in [3.05, 3.63) is 49.9 Å². The van der Waals surface area contributed by atoms with Crippen molar-refractivity contribution in [1.82, 2.24) is 10.3 Å². The highest BCUT2D eigenvalue weighted by Gasteiger charge is 2.20. The third-order valence-corrected chi connectivity index (χ3v) is 4.83. The summed E-state index contributed by atoms with van der Waals surface area (Å²) < 4.78 is 0. The van der Waals surface area contributed by atoms with E-state index in [1.165, 1.54) is 0 Å². The van der Waals surface area contributed by atoms with Gasteiger partial charge in [-0.15, -0.1) is 11.3 Å². The van der Waals surface area contributed by atoms with Gasteiger partial charge < -0.3 is 5.32 Å². The van der Waals surface area contributed by atoms with Crippen LogP contribution in [0.3, 0.4) is 0 Å². The molecular weight excluding hydrogens is 323 g/mol. The highest BCUT2D eigenvalue weighted by atomic mass is 35.5. The minimum absolute atomic E-state index is 0.0809. The summed E-state index contributed by atoms with van der Waals surface area (Å²) in [5.41, 5.74) is 2.23. The molecule has 1 aromatic carbocycles. The highest BCUT2D eigenvalue weighted by Crippen LogP contribution is 2.30. The highest BCUT2D eigenvalue weighted by molar-refractivity contribution is 7.09. The first kappa shape index (κ1) is 16.8. The van der Waals surface area contributed by atoms with Crippen LogP contribution in [-0.2, 0) is 11.8 Å². The molecule has 21 heavy (non-hydrogen) atoms. The van der Waals surface area contributed by atoms with Gasteiger partial charge in [0.05, 0.1) is 10.7 Å². The van der Waals surface area contributed by atoms with Crippen molar-refractivity contribution < 1.29 is 0 Å². The Kier molecular flexibility index (Phi) is 5.31. The van der Waals surface area contributed by atoms with Crippen LogP contribution in [0.4, 0.5) is 0 Å². The molecule has 0 saturated carbocycles. The third kappa shape index (κ3) is 4.19. The maximum absolute atomic E-state index is 6.30. The first-order chi connectivity index (χ1) is 9.81.